The number of nitrogens with one attached hydrogen (secondary N) is 1. The van der Waals surface area contributed by atoms with E-state index in [1.165, 1.54) is 28.7 Å². The van der Waals surface area contributed by atoms with E-state index in [1.807, 2.05) is 0 Å². The predicted octanol–water partition coefficient (Wildman–Crippen LogP) is 1.59. The van der Waals surface area contributed by atoms with Crippen molar-refractivity contribution in [1.82, 2.24) is 29.6 Å². The van der Waals surface area contributed by atoms with E-state index in [-0.39, 0.29) is 11.5 Å². The average Bonchev–Trinajstić information content (AvgIpc) is 3.10. The number of rotatable bonds is 4. The minimum absolute atomic E-state index is 0.126. The predicted molar refractivity (Wildman–Crippen MR) is 103 cm³/mol. The minimum Gasteiger partial charge on any atom is -0.351 e. The molecule has 3 aromatic rings. The molecule has 0 spiro atoms. The Hall–Kier alpha value is -2.55. The first-order valence-corrected chi connectivity index (χ1v) is 10.0. The first-order chi connectivity index (χ1) is 13.1. The molecule has 142 valence electrons. The van der Waals surface area contributed by atoms with Crippen LogP contribution < -0.4 is 10.9 Å². The molecule has 4 heterocycles. The van der Waals surface area contributed by atoms with E-state index < -0.39 is 0 Å². The van der Waals surface area contributed by atoms with Crippen molar-refractivity contribution in [3.63, 3.8) is 0 Å². The van der Waals surface area contributed by atoms with Gasteiger partial charge in [0.05, 0.1) is 16.6 Å². The Bertz CT molecular complexity index is 1060. The molecule has 0 fully saturated rings. The molecular formula is C18H22N6O2S. The van der Waals surface area contributed by atoms with Crippen LogP contribution in [-0.2, 0) is 26.4 Å². The van der Waals surface area contributed by atoms with Gasteiger partial charge in [-0.15, -0.1) is 21.5 Å². The van der Waals surface area contributed by atoms with E-state index in [9.17, 15) is 9.59 Å². The molecule has 0 aromatic carbocycles. The van der Waals surface area contributed by atoms with Crippen LogP contribution in [0.1, 0.15) is 46.1 Å². The summed E-state index contributed by atoms with van der Waals surface area (Å²) in [6, 6.07) is 0. The fourth-order valence-electron chi connectivity index (χ4n) is 3.52. The number of aromatic nitrogens is 5. The smallest absolute Gasteiger partial charge is 0.262 e. The van der Waals surface area contributed by atoms with Crippen LogP contribution in [0.3, 0.4) is 0 Å². The highest BCUT2D eigenvalue weighted by molar-refractivity contribution is 7.20. The van der Waals surface area contributed by atoms with Crippen molar-refractivity contribution in [2.24, 2.45) is 7.05 Å². The first-order valence-electron chi connectivity index (χ1n) is 9.20. The summed E-state index contributed by atoms with van der Waals surface area (Å²) < 4.78 is 3.62. The third-order valence-electron chi connectivity index (χ3n) is 5.04. The van der Waals surface area contributed by atoms with E-state index >= 15 is 0 Å². The Labute approximate surface area is 160 Å². The van der Waals surface area contributed by atoms with Crippen molar-refractivity contribution < 1.29 is 4.79 Å². The third kappa shape index (κ3) is 3.27. The molecule has 0 unspecified atom stereocenters. The molecule has 0 atom stereocenters. The number of amides is 1. The lowest BCUT2D eigenvalue weighted by atomic mass is 10.2. The molecule has 0 radical (unpaired) electrons. The van der Waals surface area contributed by atoms with Crippen LogP contribution in [-0.4, -0.2) is 36.8 Å². The molecule has 0 saturated carbocycles. The van der Waals surface area contributed by atoms with Gasteiger partial charge in [0.15, 0.2) is 0 Å². The molecule has 1 N–H and O–H groups in total. The second-order valence-electron chi connectivity index (χ2n) is 6.90. The third-order valence-corrected chi connectivity index (χ3v) is 6.24. The van der Waals surface area contributed by atoms with Gasteiger partial charge in [-0.3, -0.25) is 9.59 Å². The van der Waals surface area contributed by atoms with Crippen LogP contribution in [0.4, 0.5) is 0 Å². The summed E-state index contributed by atoms with van der Waals surface area (Å²) in [5.74, 6) is 1.81. The topological polar surface area (TPSA) is 94.7 Å². The molecule has 1 amide bonds. The maximum Gasteiger partial charge on any atom is 0.262 e. The van der Waals surface area contributed by atoms with Gasteiger partial charge in [-0.05, 0) is 25.3 Å². The number of carbonyl (C=O) groups is 1. The van der Waals surface area contributed by atoms with Crippen molar-refractivity contribution in [1.29, 1.82) is 0 Å². The van der Waals surface area contributed by atoms with Crippen molar-refractivity contribution in [3.8, 4) is 0 Å². The standard InChI is InChI=1S/C18H22N6O2S/c1-11-14-17(20-10-23(2)18(14)26)27-15(11)16(25)19-8-7-13-22-21-12-6-4-3-5-9-24(12)13/h10H,3-9H2,1-2H3,(H,19,25). The SMILES string of the molecule is Cc1c(C(=O)NCCc2nnc3n2CCCCC3)sc2ncn(C)c(=O)c12. The Balaban J connectivity index is 1.47. The van der Waals surface area contributed by atoms with Crippen LogP contribution in [0.5, 0.6) is 0 Å². The van der Waals surface area contributed by atoms with E-state index in [2.05, 4.69) is 25.1 Å². The van der Waals surface area contributed by atoms with Gasteiger partial charge in [-0.1, -0.05) is 6.42 Å². The lowest BCUT2D eigenvalue weighted by molar-refractivity contribution is 0.0957. The van der Waals surface area contributed by atoms with Gasteiger partial charge in [0.25, 0.3) is 11.5 Å². The van der Waals surface area contributed by atoms with Crippen molar-refractivity contribution in [2.45, 2.75) is 45.6 Å². The summed E-state index contributed by atoms with van der Waals surface area (Å²) in [7, 11) is 1.66. The summed E-state index contributed by atoms with van der Waals surface area (Å²) in [6.07, 6.45) is 6.63. The highest BCUT2D eigenvalue weighted by atomic mass is 32.1. The molecule has 1 aliphatic heterocycles. The van der Waals surface area contributed by atoms with Crippen LogP contribution in [0.2, 0.25) is 0 Å². The summed E-state index contributed by atoms with van der Waals surface area (Å²) in [4.78, 5) is 30.3. The molecule has 0 aliphatic carbocycles. The number of fused-ring (bicyclic) bond motifs is 2. The second kappa shape index (κ2) is 7.22. The highest BCUT2D eigenvalue weighted by Gasteiger charge is 2.19. The van der Waals surface area contributed by atoms with Crippen molar-refractivity contribution >= 4 is 27.5 Å². The van der Waals surface area contributed by atoms with Crippen molar-refractivity contribution in [3.05, 3.63) is 38.8 Å². The summed E-state index contributed by atoms with van der Waals surface area (Å²) >= 11 is 1.26. The van der Waals surface area contributed by atoms with Gasteiger partial charge in [-0.25, -0.2) is 4.98 Å². The van der Waals surface area contributed by atoms with Gasteiger partial charge in [-0.2, -0.15) is 0 Å². The van der Waals surface area contributed by atoms with Gasteiger partial charge >= 0.3 is 0 Å². The van der Waals surface area contributed by atoms with E-state index in [0.717, 1.165) is 37.5 Å². The number of hydrogen-bond acceptors (Lipinski definition) is 6. The fraction of sp³-hybridized carbons (Fsp3) is 0.500. The Kier molecular flexibility index (Phi) is 4.77. The molecule has 4 rings (SSSR count). The van der Waals surface area contributed by atoms with Gasteiger partial charge in [0.2, 0.25) is 0 Å². The minimum atomic E-state index is -0.173. The molecule has 1 aliphatic rings. The van der Waals surface area contributed by atoms with Crippen LogP contribution in [0.25, 0.3) is 10.2 Å². The second-order valence-corrected chi connectivity index (χ2v) is 7.90. The largest absolute Gasteiger partial charge is 0.351 e. The zero-order valence-corrected chi connectivity index (χ0v) is 16.3. The lowest BCUT2D eigenvalue weighted by Gasteiger charge is -2.07. The summed E-state index contributed by atoms with van der Waals surface area (Å²) in [6.45, 7) is 3.24. The number of hydrogen-bond donors (Lipinski definition) is 1. The van der Waals surface area contributed by atoms with Gasteiger partial charge in [0, 0.05) is 33.0 Å². The van der Waals surface area contributed by atoms with E-state index in [1.54, 1.807) is 14.0 Å². The van der Waals surface area contributed by atoms with Crippen molar-refractivity contribution in [2.75, 3.05) is 6.54 Å². The molecule has 3 aromatic heterocycles. The Morgan fingerprint density at radius 1 is 1.30 bits per heavy atom. The molecule has 0 saturated heterocycles. The molecule has 9 heteroatoms. The van der Waals surface area contributed by atoms with Crippen LogP contribution in [0, 0.1) is 6.92 Å². The zero-order valence-electron chi connectivity index (χ0n) is 15.5. The monoisotopic (exact) mass is 386 g/mol. The number of nitrogens with zero attached hydrogens (tertiary/aromatic N) is 5. The normalized spacial score (nSPS) is 14.1. The molecule has 8 nitrogen and oxygen atoms in total. The lowest BCUT2D eigenvalue weighted by Crippen LogP contribution is -2.26. The van der Waals surface area contributed by atoms with Gasteiger partial charge < -0.3 is 14.5 Å². The van der Waals surface area contributed by atoms with Gasteiger partial charge in [0.1, 0.15) is 16.5 Å². The molecular weight excluding hydrogens is 364 g/mol. The average molecular weight is 386 g/mol. The van der Waals surface area contributed by atoms with E-state index in [0.29, 0.717) is 33.6 Å². The Morgan fingerprint density at radius 3 is 3.00 bits per heavy atom. The first kappa shape index (κ1) is 17.8. The summed E-state index contributed by atoms with van der Waals surface area (Å²) in [5.41, 5.74) is 0.566. The number of thiophene rings is 1. The molecule has 0 bridgehead atoms. The molecule has 27 heavy (non-hydrogen) atoms. The maximum absolute atomic E-state index is 12.6. The zero-order chi connectivity index (χ0) is 19.0. The highest BCUT2D eigenvalue weighted by Crippen LogP contribution is 2.26. The number of carbonyl (C=O) groups excluding carboxylic acids is 1. The fourth-order valence-corrected chi connectivity index (χ4v) is 4.58. The maximum atomic E-state index is 12.6. The van der Waals surface area contributed by atoms with E-state index in [4.69, 9.17) is 0 Å². The summed E-state index contributed by atoms with van der Waals surface area (Å²) in [5, 5.41) is 12.1. The number of aryl methyl sites for hydroxylation is 3. The van der Waals surface area contributed by atoms with Crippen LogP contribution in [0.15, 0.2) is 11.1 Å². The quantitative estimate of drug-likeness (QED) is 0.735. The Morgan fingerprint density at radius 2 is 2.15 bits per heavy atom. The van der Waals surface area contributed by atoms with Crippen LogP contribution >= 0.6 is 11.3 Å².